The quantitative estimate of drug-likeness (QED) is 0.423. The predicted octanol–water partition coefficient (Wildman–Crippen LogP) is 3.60. The number of likely N-dealkylation sites (tertiary alicyclic amines) is 1. The number of aromatic nitrogens is 6. The predicted molar refractivity (Wildman–Crippen MR) is 126 cm³/mol. The molecule has 0 radical (unpaired) electrons. The molecule has 2 fully saturated rings. The summed E-state index contributed by atoms with van der Waals surface area (Å²) in [5.41, 5.74) is -0.514. The highest BCUT2D eigenvalue weighted by atomic mass is 19.4. The van der Waals surface area contributed by atoms with Gasteiger partial charge < -0.3 is 15.0 Å². The minimum absolute atomic E-state index is 0.0126. The summed E-state index contributed by atoms with van der Waals surface area (Å²) in [4.78, 5) is 29.5. The molecule has 2 aliphatic rings. The van der Waals surface area contributed by atoms with Crippen LogP contribution in [0.4, 0.5) is 13.2 Å². The van der Waals surface area contributed by atoms with Crippen molar-refractivity contribution in [3.8, 4) is 16.9 Å². The third-order valence-electron chi connectivity index (χ3n) is 7.40. The molecule has 1 amide bonds. The third kappa shape index (κ3) is 4.05. The molecule has 1 saturated heterocycles. The van der Waals surface area contributed by atoms with Crippen LogP contribution < -0.4 is 0 Å². The first-order valence-corrected chi connectivity index (χ1v) is 12.1. The fourth-order valence-corrected chi connectivity index (χ4v) is 5.16. The Bertz CT molecular complexity index is 1440. The maximum absolute atomic E-state index is 14.3. The average Bonchev–Trinajstić information content (AvgIpc) is 3.43. The molecule has 1 atom stereocenters. The summed E-state index contributed by atoms with van der Waals surface area (Å²) >= 11 is 0. The summed E-state index contributed by atoms with van der Waals surface area (Å²) in [5, 5.41) is 15.4. The Morgan fingerprint density at radius 1 is 1.03 bits per heavy atom. The van der Waals surface area contributed by atoms with Crippen molar-refractivity contribution in [1.29, 1.82) is 0 Å². The zero-order valence-corrected chi connectivity index (χ0v) is 19.7. The first kappa shape index (κ1) is 23.6. The molecule has 2 N–H and O–H groups in total. The molecule has 0 bridgehead atoms. The van der Waals surface area contributed by atoms with Crippen LogP contribution in [0.2, 0.25) is 0 Å². The lowest BCUT2D eigenvalue weighted by Gasteiger charge is -2.42. The Balaban J connectivity index is 1.24. The Labute approximate surface area is 209 Å². The van der Waals surface area contributed by atoms with Crippen molar-refractivity contribution in [2.75, 3.05) is 13.1 Å². The topological polar surface area (TPSA) is 113 Å². The minimum atomic E-state index is -4.90. The fourth-order valence-electron chi connectivity index (χ4n) is 5.16. The van der Waals surface area contributed by atoms with Crippen LogP contribution in [0.5, 0.6) is 0 Å². The molecule has 0 aromatic carbocycles. The maximum Gasteiger partial charge on any atom is 0.421 e. The van der Waals surface area contributed by atoms with Gasteiger partial charge in [0.15, 0.2) is 17.1 Å². The number of carbonyl (C=O) groups is 1. The number of nitrogens with zero attached hydrogens (tertiary/aromatic N) is 6. The zero-order chi connectivity index (χ0) is 25.8. The lowest BCUT2D eigenvalue weighted by Crippen LogP contribution is -2.53. The molecule has 12 heteroatoms. The van der Waals surface area contributed by atoms with E-state index >= 15 is 0 Å². The van der Waals surface area contributed by atoms with Crippen molar-refractivity contribution < 1.29 is 23.1 Å². The van der Waals surface area contributed by atoms with Crippen LogP contribution in [0.1, 0.15) is 31.2 Å². The number of amides is 1. The summed E-state index contributed by atoms with van der Waals surface area (Å²) in [5.74, 6) is -0.747. The number of aliphatic hydroxyl groups is 1. The Morgan fingerprint density at radius 3 is 2.49 bits per heavy atom. The monoisotopic (exact) mass is 511 g/mol. The first-order valence-electron chi connectivity index (χ1n) is 12.1. The largest absolute Gasteiger partial charge is 0.421 e. The van der Waals surface area contributed by atoms with Crippen LogP contribution in [0.3, 0.4) is 0 Å². The van der Waals surface area contributed by atoms with Crippen molar-refractivity contribution in [3.63, 3.8) is 0 Å². The van der Waals surface area contributed by atoms with Crippen molar-refractivity contribution in [2.24, 2.45) is 11.8 Å². The number of pyridine rings is 2. The van der Waals surface area contributed by atoms with Gasteiger partial charge >= 0.3 is 6.18 Å². The third-order valence-corrected chi connectivity index (χ3v) is 7.40. The number of rotatable bonds is 5. The molecular formula is C25H24F3N7O2. The van der Waals surface area contributed by atoms with E-state index in [0.717, 1.165) is 35.7 Å². The number of alkyl halides is 3. The number of hydrogen-bond acceptors (Lipinski definition) is 6. The van der Waals surface area contributed by atoms with Crippen molar-refractivity contribution in [3.05, 3.63) is 54.9 Å². The van der Waals surface area contributed by atoms with Gasteiger partial charge in [0.05, 0.1) is 18.0 Å². The van der Waals surface area contributed by atoms with Crippen LogP contribution in [-0.2, 0) is 10.4 Å². The van der Waals surface area contributed by atoms with Gasteiger partial charge in [0.2, 0.25) is 5.91 Å². The number of piperidine rings is 1. The molecule has 4 aromatic heterocycles. The number of carbonyl (C=O) groups excluding carboxylic acids is 1. The molecule has 37 heavy (non-hydrogen) atoms. The van der Waals surface area contributed by atoms with Gasteiger partial charge in [-0.25, -0.2) is 19.6 Å². The van der Waals surface area contributed by atoms with Crippen LogP contribution in [0.25, 0.3) is 28.1 Å². The number of imidazole rings is 1. The van der Waals surface area contributed by atoms with Gasteiger partial charge in [0, 0.05) is 60.2 Å². The van der Waals surface area contributed by atoms with Crippen LogP contribution in [-0.4, -0.2) is 64.9 Å². The first-order chi connectivity index (χ1) is 17.8. The van der Waals surface area contributed by atoms with Crippen molar-refractivity contribution in [1.82, 2.24) is 34.6 Å². The lowest BCUT2D eigenvalue weighted by atomic mass is 9.76. The smallest absolute Gasteiger partial charge is 0.376 e. The lowest BCUT2D eigenvalue weighted by molar-refractivity contribution is -0.290. The molecule has 1 aliphatic carbocycles. The molecule has 1 aliphatic heterocycles. The average molecular weight is 512 g/mol. The van der Waals surface area contributed by atoms with Crippen LogP contribution in [0.15, 0.2) is 49.3 Å². The molecule has 1 unspecified atom stereocenters. The van der Waals surface area contributed by atoms with Gasteiger partial charge in [-0.2, -0.15) is 18.3 Å². The van der Waals surface area contributed by atoms with E-state index in [1.54, 1.807) is 29.8 Å². The molecule has 4 aromatic rings. The highest BCUT2D eigenvalue weighted by Gasteiger charge is 2.60. The van der Waals surface area contributed by atoms with E-state index in [0.29, 0.717) is 11.5 Å². The van der Waals surface area contributed by atoms with Gasteiger partial charge in [-0.15, -0.1) is 0 Å². The van der Waals surface area contributed by atoms with Gasteiger partial charge in [-0.05, 0) is 37.8 Å². The standard InChI is InChI=1S/C25H24F3N7O2/c26-25(27,28)24(37,17-6-9-34(10-7-17)23(36)15-1-2-15)18-3-4-20(30-12-18)35-13-16(11-33-35)19-5-8-29-22-21(19)31-14-32-22/h3-5,8,11-15,17,37H,1-2,6-7,9-10H2,(H,29,31,32). The normalized spacial score (nSPS) is 18.8. The second kappa shape index (κ2) is 8.65. The number of halogens is 3. The molecule has 6 rings (SSSR count). The highest BCUT2D eigenvalue weighted by molar-refractivity contribution is 5.88. The van der Waals surface area contributed by atoms with Gasteiger partial charge in [0.25, 0.3) is 0 Å². The number of aromatic amines is 1. The highest BCUT2D eigenvalue weighted by Crippen LogP contribution is 2.48. The van der Waals surface area contributed by atoms with Gasteiger partial charge in [-0.3, -0.25) is 4.79 Å². The summed E-state index contributed by atoms with van der Waals surface area (Å²) in [6.07, 6.45) is 4.47. The van der Waals surface area contributed by atoms with E-state index < -0.39 is 17.7 Å². The van der Waals surface area contributed by atoms with E-state index in [1.165, 1.54) is 16.8 Å². The summed E-state index contributed by atoms with van der Waals surface area (Å²) in [6.45, 7) is 0.414. The molecule has 0 spiro atoms. The van der Waals surface area contributed by atoms with E-state index in [1.807, 2.05) is 6.07 Å². The maximum atomic E-state index is 14.3. The number of H-pyrrole nitrogens is 1. The Hall–Kier alpha value is -3.80. The van der Waals surface area contributed by atoms with Gasteiger partial charge in [-0.1, -0.05) is 6.07 Å². The van der Waals surface area contributed by atoms with Crippen molar-refractivity contribution >= 4 is 17.1 Å². The Morgan fingerprint density at radius 2 is 1.81 bits per heavy atom. The Kier molecular flexibility index (Phi) is 5.51. The summed E-state index contributed by atoms with van der Waals surface area (Å²) < 4.78 is 44.3. The van der Waals surface area contributed by atoms with E-state index in [4.69, 9.17) is 0 Å². The molecule has 5 heterocycles. The van der Waals surface area contributed by atoms with Crippen molar-refractivity contribution in [2.45, 2.75) is 37.5 Å². The molecule has 9 nitrogen and oxygen atoms in total. The van der Waals surface area contributed by atoms with E-state index in [2.05, 4.69) is 25.0 Å². The van der Waals surface area contributed by atoms with Gasteiger partial charge in [0.1, 0.15) is 0 Å². The minimum Gasteiger partial charge on any atom is -0.376 e. The van der Waals surface area contributed by atoms with Crippen LogP contribution >= 0.6 is 0 Å². The molecule has 1 saturated carbocycles. The fraction of sp³-hybridized carbons (Fsp3) is 0.400. The van der Waals surface area contributed by atoms with E-state index in [-0.39, 0.29) is 43.3 Å². The van der Waals surface area contributed by atoms with E-state index in [9.17, 15) is 23.1 Å². The summed E-state index contributed by atoms with van der Waals surface area (Å²) in [6, 6.07) is 4.47. The molecular weight excluding hydrogens is 487 g/mol. The SMILES string of the molecule is O=C(C1CC1)N1CCC(C(O)(c2ccc(-n3cc(-c4ccnc5nc[nH]c45)cn3)nc2)C(F)(F)F)CC1. The summed E-state index contributed by atoms with van der Waals surface area (Å²) in [7, 11) is 0. The number of nitrogens with one attached hydrogen (secondary N) is 1. The number of hydrogen-bond donors (Lipinski definition) is 2. The molecule has 192 valence electrons. The zero-order valence-electron chi connectivity index (χ0n) is 19.7. The second-order valence-electron chi connectivity index (χ2n) is 9.68. The number of fused-ring (bicyclic) bond motifs is 1. The van der Waals surface area contributed by atoms with Crippen LogP contribution in [0, 0.1) is 11.8 Å². The second-order valence-corrected chi connectivity index (χ2v) is 9.68.